The molecule has 0 saturated heterocycles. The van der Waals surface area contributed by atoms with Crippen LogP contribution in [0.3, 0.4) is 0 Å². The molecule has 2 unspecified atom stereocenters. The summed E-state index contributed by atoms with van der Waals surface area (Å²) in [5, 5.41) is 0. The highest BCUT2D eigenvalue weighted by atomic mass is 32.2. The van der Waals surface area contributed by atoms with E-state index in [1.54, 1.807) is 4.91 Å². The molecule has 1 aliphatic carbocycles. The van der Waals surface area contributed by atoms with Gasteiger partial charge in [-0.25, -0.2) is 0 Å². The molecule has 0 N–H and O–H groups in total. The zero-order valence-corrected chi connectivity index (χ0v) is 8.18. The molecule has 0 amide bonds. The van der Waals surface area contributed by atoms with Gasteiger partial charge >= 0.3 is 0 Å². The molecule has 2 aliphatic rings. The van der Waals surface area contributed by atoms with Gasteiger partial charge in [0.25, 0.3) is 0 Å². The molecule has 12 heavy (non-hydrogen) atoms. The average molecular weight is 178 g/mol. The number of hydrogen-bond donors (Lipinski definition) is 0. The molecule has 1 heterocycles. The third-order valence-electron chi connectivity index (χ3n) is 2.47. The molecule has 0 spiro atoms. The molecule has 2 atom stereocenters. The molecule has 0 saturated carbocycles. The fourth-order valence-corrected chi connectivity index (χ4v) is 2.93. The lowest BCUT2D eigenvalue weighted by molar-refractivity contribution is 0.598. The minimum atomic E-state index is 0.669. The summed E-state index contributed by atoms with van der Waals surface area (Å²) in [6.07, 6.45) is 12.6. The van der Waals surface area contributed by atoms with Crippen LogP contribution in [0.5, 0.6) is 0 Å². The molecular weight excluding hydrogens is 164 g/mol. The van der Waals surface area contributed by atoms with E-state index in [4.69, 9.17) is 0 Å². The second kappa shape index (κ2) is 3.53. The van der Waals surface area contributed by atoms with Crippen molar-refractivity contribution in [2.75, 3.05) is 5.75 Å². The van der Waals surface area contributed by atoms with Crippen molar-refractivity contribution in [3.8, 4) is 0 Å². The number of rotatable bonds is 1. The third-order valence-corrected chi connectivity index (χ3v) is 3.68. The summed E-state index contributed by atoms with van der Waals surface area (Å²) in [4.78, 5) is 1.59. The van der Waals surface area contributed by atoms with Crippen LogP contribution in [0.4, 0.5) is 0 Å². The van der Waals surface area contributed by atoms with Crippen LogP contribution >= 0.6 is 11.8 Å². The maximum absolute atomic E-state index is 2.40. The SMILES string of the molecule is CC1C=CC=CC1C1=CCCS1. The van der Waals surface area contributed by atoms with Crippen LogP contribution in [0.1, 0.15) is 13.3 Å². The van der Waals surface area contributed by atoms with Crippen molar-refractivity contribution in [3.63, 3.8) is 0 Å². The first-order valence-corrected chi connectivity index (χ1v) is 5.54. The smallest absolute Gasteiger partial charge is 0.0138 e. The maximum atomic E-state index is 2.40. The van der Waals surface area contributed by atoms with Crippen LogP contribution in [-0.2, 0) is 0 Å². The van der Waals surface area contributed by atoms with Gasteiger partial charge in [0.15, 0.2) is 0 Å². The van der Waals surface area contributed by atoms with Gasteiger partial charge < -0.3 is 0 Å². The molecular formula is C11H14S. The fraction of sp³-hybridized carbons (Fsp3) is 0.455. The minimum Gasteiger partial charge on any atom is -0.130 e. The van der Waals surface area contributed by atoms with E-state index >= 15 is 0 Å². The predicted molar refractivity (Wildman–Crippen MR) is 56.1 cm³/mol. The molecule has 0 aromatic rings. The average Bonchev–Trinajstić information content (AvgIpc) is 2.57. The second-order valence-electron chi connectivity index (χ2n) is 3.40. The number of allylic oxidation sites excluding steroid dienone is 6. The number of thioether (sulfide) groups is 1. The fourth-order valence-electron chi connectivity index (χ4n) is 1.74. The predicted octanol–water partition coefficient (Wildman–Crippen LogP) is 3.39. The van der Waals surface area contributed by atoms with Crippen LogP contribution in [0.15, 0.2) is 35.3 Å². The van der Waals surface area contributed by atoms with E-state index in [0.717, 1.165) is 0 Å². The molecule has 1 aliphatic heterocycles. The van der Waals surface area contributed by atoms with Crippen molar-refractivity contribution in [2.24, 2.45) is 11.8 Å². The molecule has 64 valence electrons. The molecule has 0 aromatic heterocycles. The zero-order valence-electron chi connectivity index (χ0n) is 7.36. The van der Waals surface area contributed by atoms with Crippen molar-refractivity contribution < 1.29 is 0 Å². The Hall–Kier alpha value is -0.430. The normalized spacial score (nSPS) is 33.9. The quantitative estimate of drug-likeness (QED) is 0.593. The largest absolute Gasteiger partial charge is 0.130 e. The first-order valence-electron chi connectivity index (χ1n) is 4.56. The number of hydrogen-bond acceptors (Lipinski definition) is 1. The lowest BCUT2D eigenvalue weighted by Crippen LogP contribution is -2.09. The Morgan fingerprint density at radius 1 is 1.33 bits per heavy atom. The standard InChI is InChI=1S/C11H14S/c1-9-5-2-3-6-10(9)11-7-4-8-12-11/h2-3,5-7,9-10H,4,8H2,1H3. The Labute approximate surface area is 78.4 Å². The van der Waals surface area contributed by atoms with Crippen molar-refractivity contribution in [2.45, 2.75) is 13.3 Å². The van der Waals surface area contributed by atoms with Crippen molar-refractivity contribution in [1.29, 1.82) is 0 Å². The van der Waals surface area contributed by atoms with Gasteiger partial charge in [0.05, 0.1) is 0 Å². The van der Waals surface area contributed by atoms with Gasteiger partial charge in [0.1, 0.15) is 0 Å². The Morgan fingerprint density at radius 3 is 2.83 bits per heavy atom. The molecule has 0 bridgehead atoms. The molecule has 0 fully saturated rings. The summed E-state index contributed by atoms with van der Waals surface area (Å²) < 4.78 is 0. The minimum absolute atomic E-state index is 0.669. The van der Waals surface area contributed by atoms with E-state index < -0.39 is 0 Å². The monoisotopic (exact) mass is 178 g/mol. The van der Waals surface area contributed by atoms with Gasteiger partial charge in [0, 0.05) is 11.7 Å². The highest BCUT2D eigenvalue weighted by Crippen LogP contribution is 2.37. The van der Waals surface area contributed by atoms with Crippen LogP contribution in [0, 0.1) is 11.8 Å². The first-order chi connectivity index (χ1) is 5.88. The topological polar surface area (TPSA) is 0 Å². The van der Waals surface area contributed by atoms with Gasteiger partial charge in [-0.15, -0.1) is 11.8 Å². The van der Waals surface area contributed by atoms with E-state index in [0.29, 0.717) is 11.8 Å². The van der Waals surface area contributed by atoms with Gasteiger partial charge in [0.2, 0.25) is 0 Å². The Balaban J connectivity index is 2.12. The summed E-state index contributed by atoms with van der Waals surface area (Å²) in [6.45, 7) is 2.30. The summed E-state index contributed by atoms with van der Waals surface area (Å²) in [5.74, 6) is 2.64. The van der Waals surface area contributed by atoms with E-state index in [-0.39, 0.29) is 0 Å². The van der Waals surface area contributed by atoms with Crippen molar-refractivity contribution >= 4 is 11.8 Å². The van der Waals surface area contributed by atoms with Gasteiger partial charge in [-0.1, -0.05) is 37.3 Å². The Bertz CT molecular complexity index is 248. The molecule has 0 radical (unpaired) electrons. The molecule has 2 rings (SSSR count). The van der Waals surface area contributed by atoms with Gasteiger partial charge in [-0.2, -0.15) is 0 Å². The maximum Gasteiger partial charge on any atom is 0.0138 e. The summed E-state index contributed by atoms with van der Waals surface area (Å²) in [5.41, 5.74) is 0. The zero-order chi connectivity index (χ0) is 8.39. The third kappa shape index (κ3) is 1.51. The van der Waals surface area contributed by atoms with Crippen LogP contribution in [0.2, 0.25) is 0 Å². The van der Waals surface area contributed by atoms with Crippen LogP contribution in [-0.4, -0.2) is 5.75 Å². The summed E-state index contributed by atoms with van der Waals surface area (Å²) in [6, 6.07) is 0. The Morgan fingerprint density at radius 2 is 2.17 bits per heavy atom. The van der Waals surface area contributed by atoms with E-state index in [1.807, 2.05) is 11.8 Å². The molecule has 0 nitrogen and oxygen atoms in total. The highest BCUT2D eigenvalue weighted by molar-refractivity contribution is 8.03. The van der Waals surface area contributed by atoms with Crippen molar-refractivity contribution in [3.05, 3.63) is 35.3 Å². The lowest BCUT2D eigenvalue weighted by Gasteiger charge is -2.20. The first kappa shape index (κ1) is 8.18. The van der Waals surface area contributed by atoms with Gasteiger partial charge in [-0.3, -0.25) is 0 Å². The van der Waals surface area contributed by atoms with Crippen molar-refractivity contribution in [1.82, 2.24) is 0 Å². The molecule has 1 heteroatoms. The summed E-state index contributed by atoms with van der Waals surface area (Å²) >= 11 is 2.03. The summed E-state index contributed by atoms with van der Waals surface area (Å²) in [7, 11) is 0. The van der Waals surface area contributed by atoms with Crippen LogP contribution in [0.25, 0.3) is 0 Å². The second-order valence-corrected chi connectivity index (χ2v) is 4.57. The Kier molecular flexibility index (Phi) is 2.40. The van der Waals surface area contributed by atoms with Crippen LogP contribution < -0.4 is 0 Å². The van der Waals surface area contributed by atoms with Gasteiger partial charge in [-0.05, 0) is 17.2 Å². The van der Waals surface area contributed by atoms with E-state index in [2.05, 4.69) is 37.3 Å². The highest BCUT2D eigenvalue weighted by Gasteiger charge is 2.20. The van der Waals surface area contributed by atoms with E-state index in [1.165, 1.54) is 12.2 Å². The lowest BCUT2D eigenvalue weighted by atomic mass is 9.89. The molecule has 0 aromatic carbocycles. The van der Waals surface area contributed by atoms with E-state index in [9.17, 15) is 0 Å².